The fourth-order valence-electron chi connectivity index (χ4n) is 1.11. The van der Waals surface area contributed by atoms with E-state index in [1.165, 1.54) is 0 Å². The number of rotatable bonds is 2. The summed E-state index contributed by atoms with van der Waals surface area (Å²) < 4.78 is 9.99. The van der Waals surface area contributed by atoms with E-state index < -0.39 is 6.10 Å². The minimum atomic E-state index is -0.403. The van der Waals surface area contributed by atoms with E-state index in [-0.39, 0.29) is 6.10 Å². The van der Waals surface area contributed by atoms with Gasteiger partial charge >= 0.3 is 0 Å². The summed E-state index contributed by atoms with van der Waals surface area (Å²) in [5, 5.41) is 9.10. The quantitative estimate of drug-likeness (QED) is 0.605. The first-order chi connectivity index (χ1) is 4.77. The molecule has 0 heterocycles. The van der Waals surface area contributed by atoms with Crippen molar-refractivity contribution in [3.8, 4) is 0 Å². The van der Waals surface area contributed by atoms with Gasteiger partial charge < -0.3 is 14.6 Å². The average Bonchev–Trinajstić information content (AvgIpc) is 2.30. The molecule has 58 valence electrons. The standard InChI is InChI=1S/C7H12O3/c1-9-6-3-5(8)4-7(6)10-2/h3,5,7-8H,4H2,1-2H3/t5?,7-/m1/s1. The van der Waals surface area contributed by atoms with Crippen molar-refractivity contribution in [1.29, 1.82) is 0 Å². The topological polar surface area (TPSA) is 38.7 Å². The highest BCUT2D eigenvalue weighted by Crippen LogP contribution is 2.21. The van der Waals surface area contributed by atoms with Crippen LogP contribution in [0.5, 0.6) is 0 Å². The molecule has 0 aliphatic heterocycles. The van der Waals surface area contributed by atoms with Crippen molar-refractivity contribution >= 4 is 0 Å². The van der Waals surface area contributed by atoms with Gasteiger partial charge in [0.25, 0.3) is 0 Å². The molecule has 3 heteroatoms. The lowest BCUT2D eigenvalue weighted by Crippen LogP contribution is -2.12. The summed E-state index contributed by atoms with van der Waals surface area (Å²) in [6, 6.07) is 0. The maximum absolute atomic E-state index is 9.10. The third-order valence-electron chi connectivity index (χ3n) is 1.65. The summed E-state index contributed by atoms with van der Waals surface area (Å²) >= 11 is 0. The normalized spacial score (nSPS) is 32.1. The van der Waals surface area contributed by atoms with Crippen LogP contribution in [-0.2, 0) is 9.47 Å². The number of methoxy groups -OCH3 is 2. The Morgan fingerprint density at radius 1 is 1.60 bits per heavy atom. The summed E-state index contributed by atoms with van der Waals surface area (Å²) in [5.74, 6) is 0.731. The number of ether oxygens (including phenoxy) is 2. The van der Waals surface area contributed by atoms with Crippen molar-refractivity contribution in [3.05, 3.63) is 11.8 Å². The number of aliphatic hydroxyl groups is 1. The van der Waals surface area contributed by atoms with E-state index in [9.17, 15) is 0 Å². The van der Waals surface area contributed by atoms with E-state index in [1.54, 1.807) is 20.3 Å². The third kappa shape index (κ3) is 1.30. The van der Waals surface area contributed by atoms with Crippen LogP contribution in [0, 0.1) is 0 Å². The fourth-order valence-corrected chi connectivity index (χ4v) is 1.11. The molecule has 0 spiro atoms. The van der Waals surface area contributed by atoms with E-state index in [2.05, 4.69) is 0 Å². The zero-order chi connectivity index (χ0) is 7.56. The van der Waals surface area contributed by atoms with Crippen LogP contribution < -0.4 is 0 Å². The molecule has 0 saturated heterocycles. The molecule has 1 N–H and O–H groups in total. The van der Waals surface area contributed by atoms with Crippen molar-refractivity contribution in [2.75, 3.05) is 14.2 Å². The lowest BCUT2D eigenvalue weighted by atomic mass is 10.3. The Bertz CT molecular complexity index is 142. The highest BCUT2D eigenvalue weighted by atomic mass is 16.5. The van der Waals surface area contributed by atoms with E-state index in [1.807, 2.05) is 0 Å². The maximum Gasteiger partial charge on any atom is 0.123 e. The molecule has 0 aromatic carbocycles. The van der Waals surface area contributed by atoms with Crippen molar-refractivity contribution < 1.29 is 14.6 Å². The number of hydrogen-bond donors (Lipinski definition) is 1. The van der Waals surface area contributed by atoms with Gasteiger partial charge in [-0.2, -0.15) is 0 Å². The van der Waals surface area contributed by atoms with Crippen LogP contribution in [0.1, 0.15) is 6.42 Å². The monoisotopic (exact) mass is 144 g/mol. The SMILES string of the molecule is COC1=CC(O)C[C@H]1OC. The van der Waals surface area contributed by atoms with Gasteiger partial charge in [0.15, 0.2) is 0 Å². The highest BCUT2D eigenvalue weighted by Gasteiger charge is 2.25. The molecule has 1 aliphatic carbocycles. The van der Waals surface area contributed by atoms with Gasteiger partial charge in [0.2, 0.25) is 0 Å². The minimum absolute atomic E-state index is 0.0556. The third-order valence-corrected chi connectivity index (χ3v) is 1.65. The van der Waals surface area contributed by atoms with Gasteiger partial charge in [-0.25, -0.2) is 0 Å². The Morgan fingerprint density at radius 3 is 2.70 bits per heavy atom. The van der Waals surface area contributed by atoms with Gasteiger partial charge in [-0.1, -0.05) is 0 Å². The fraction of sp³-hybridized carbons (Fsp3) is 0.714. The molecule has 10 heavy (non-hydrogen) atoms. The second-order valence-electron chi connectivity index (χ2n) is 2.30. The van der Waals surface area contributed by atoms with Gasteiger partial charge in [0.1, 0.15) is 11.9 Å². The second-order valence-corrected chi connectivity index (χ2v) is 2.30. The summed E-state index contributed by atoms with van der Waals surface area (Å²) in [6.07, 6.45) is 1.83. The lowest BCUT2D eigenvalue weighted by molar-refractivity contribution is 0.0669. The summed E-state index contributed by atoms with van der Waals surface area (Å²) in [7, 11) is 3.19. The Balaban J connectivity index is 2.56. The minimum Gasteiger partial charge on any atom is -0.499 e. The van der Waals surface area contributed by atoms with E-state index in [4.69, 9.17) is 14.6 Å². The van der Waals surface area contributed by atoms with Gasteiger partial charge in [-0.15, -0.1) is 0 Å². The maximum atomic E-state index is 9.10. The van der Waals surface area contributed by atoms with Gasteiger partial charge in [0.05, 0.1) is 13.2 Å². The Kier molecular flexibility index (Phi) is 2.29. The Labute approximate surface area is 60.3 Å². The molecule has 0 fully saturated rings. The molecule has 0 aromatic rings. The molecule has 0 saturated carbocycles. The van der Waals surface area contributed by atoms with Crippen LogP contribution in [0.15, 0.2) is 11.8 Å². The highest BCUT2D eigenvalue weighted by molar-refractivity contribution is 5.11. The summed E-state index contributed by atoms with van der Waals surface area (Å²) in [6.45, 7) is 0. The van der Waals surface area contributed by atoms with Crippen LogP contribution in [0.4, 0.5) is 0 Å². The predicted octanol–water partition coefficient (Wildman–Crippen LogP) is 0.296. The zero-order valence-electron chi connectivity index (χ0n) is 6.20. The van der Waals surface area contributed by atoms with Crippen LogP contribution in [0.2, 0.25) is 0 Å². The van der Waals surface area contributed by atoms with Gasteiger partial charge in [0, 0.05) is 13.5 Å². The molecular weight excluding hydrogens is 132 g/mol. The molecule has 0 bridgehead atoms. The summed E-state index contributed by atoms with van der Waals surface area (Å²) in [5.41, 5.74) is 0. The van der Waals surface area contributed by atoms with Crippen molar-refractivity contribution in [3.63, 3.8) is 0 Å². The van der Waals surface area contributed by atoms with Gasteiger partial charge in [-0.3, -0.25) is 0 Å². The first kappa shape index (κ1) is 7.57. The van der Waals surface area contributed by atoms with Crippen molar-refractivity contribution in [1.82, 2.24) is 0 Å². The van der Waals surface area contributed by atoms with E-state index >= 15 is 0 Å². The number of hydrogen-bond acceptors (Lipinski definition) is 3. The Morgan fingerprint density at radius 2 is 2.30 bits per heavy atom. The van der Waals surface area contributed by atoms with Gasteiger partial charge in [-0.05, 0) is 6.08 Å². The first-order valence-electron chi connectivity index (χ1n) is 3.24. The molecular formula is C7H12O3. The largest absolute Gasteiger partial charge is 0.499 e. The molecule has 2 atom stereocenters. The van der Waals surface area contributed by atoms with Crippen molar-refractivity contribution in [2.45, 2.75) is 18.6 Å². The first-order valence-corrected chi connectivity index (χ1v) is 3.24. The lowest BCUT2D eigenvalue weighted by Gasteiger charge is -2.10. The van der Waals surface area contributed by atoms with Crippen LogP contribution in [-0.4, -0.2) is 31.5 Å². The average molecular weight is 144 g/mol. The smallest absolute Gasteiger partial charge is 0.123 e. The number of aliphatic hydroxyl groups excluding tert-OH is 1. The molecule has 1 unspecified atom stereocenters. The molecule has 3 nitrogen and oxygen atoms in total. The van der Waals surface area contributed by atoms with E-state index in [0.29, 0.717) is 6.42 Å². The summed E-state index contributed by atoms with van der Waals surface area (Å²) in [4.78, 5) is 0. The zero-order valence-corrected chi connectivity index (χ0v) is 6.20. The van der Waals surface area contributed by atoms with E-state index in [0.717, 1.165) is 5.76 Å². The molecule has 0 aromatic heterocycles. The molecule has 1 aliphatic rings. The van der Waals surface area contributed by atoms with Crippen molar-refractivity contribution in [2.24, 2.45) is 0 Å². The molecule has 0 amide bonds. The van der Waals surface area contributed by atoms with Crippen LogP contribution in [0.25, 0.3) is 0 Å². The molecule has 1 rings (SSSR count). The predicted molar refractivity (Wildman–Crippen MR) is 36.5 cm³/mol. The van der Waals surface area contributed by atoms with Crippen LogP contribution >= 0.6 is 0 Å². The second kappa shape index (κ2) is 3.03. The molecule has 0 radical (unpaired) electrons. The Hall–Kier alpha value is -0.540. The van der Waals surface area contributed by atoms with Crippen LogP contribution in [0.3, 0.4) is 0 Å².